The zero-order chi connectivity index (χ0) is 27.7. The number of halogens is 1. The molecular formula is C32H33FN2O4. The van der Waals surface area contributed by atoms with Crippen LogP contribution in [-0.2, 0) is 11.2 Å². The minimum absolute atomic E-state index is 0.0599. The van der Waals surface area contributed by atoms with Crippen LogP contribution in [0.25, 0.3) is 33.2 Å². The van der Waals surface area contributed by atoms with Crippen LogP contribution in [0.5, 0.6) is 0 Å². The van der Waals surface area contributed by atoms with E-state index in [0.29, 0.717) is 31.7 Å². The van der Waals surface area contributed by atoms with Crippen molar-refractivity contribution in [2.75, 3.05) is 26.2 Å². The fourth-order valence-corrected chi connectivity index (χ4v) is 4.80. The Balaban J connectivity index is 1.35. The van der Waals surface area contributed by atoms with Crippen molar-refractivity contribution in [1.29, 1.82) is 0 Å². The molecule has 1 fully saturated rings. The number of piperazine rings is 1. The lowest BCUT2D eigenvalue weighted by atomic mass is 9.96. The van der Waals surface area contributed by atoms with E-state index in [2.05, 4.69) is 6.07 Å². The molecule has 39 heavy (non-hydrogen) atoms. The normalized spacial score (nSPS) is 14.1. The predicted octanol–water partition coefficient (Wildman–Crippen LogP) is 7.16. The standard InChI is InChI=1S/C32H33FN2O4/c1-5-27-19-25-18-24(20-28(29(25)38-27)22-10-12-26(33)13-11-22)21-6-8-23(9-7-21)30(36)34-14-16-35(17-15-34)31(37)39-32(2,3)4/h6-13,18-20H,5,14-17H2,1-4H3. The number of carbonyl (C=O) groups excluding carboxylic acids is 2. The first-order valence-electron chi connectivity index (χ1n) is 13.3. The van der Waals surface area contributed by atoms with E-state index in [1.165, 1.54) is 12.1 Å². The number of nitrogens with zero attached hydrogens (tertiary/aromatic N) is 2. The Labute approximate surface area is 228 Å². The molecule has 0 N–H and O–H groups in total. The van der Waals surface area contributed by atoms with Crippen LogP contribution < -0.4 is 0 Å². The van der Waals surface area contributed by atoms with Gasteiger partial charge < -0.3 is 19.0 Å². The van der Waals surface area contributed by atoms with Crippen LogP contribution in [0.15, 0.2) is 71.1 Å². The number of aryl methyl sites for hydroxylation is 1. The maximum atomic E-state index is 13.6. The number of ether oxygens (including phenoxy) is 1. The molecule has 7 heteroatoms. The zero-order valence-corrected chi connectivity index (χ0v) is 22.8. The van der Waals surface area contributed by atoms with Crippen molar-refractivity contribution < 1.29 is 23.1 Å². The topological polar surface area (TPSA) is 63.0 Å². The summed E-state index contributed by atoms with van der Waals surface area (Å²) in [6.07, 6.45) is 0.426. The summed E-state index contributed by atoms with van der Waals surface area (Å²) in [5.41, 5.74) is 4.54. The highest BCUT2D eigenvalue weighted by Crippen LogP contribution is 2.36. The van der Waals surface area contributed by atoms with Crippen LogP contribution in [0.4, 0.5) is 9.18 Å². The molecule has 5 rings (SSSR count). The monoisotopic (exact) mass is 528 g/mol. The van der Waals surface area contributed by atoms with E-state index in [0.717, 1.165) is 45.4 Å². The Morgan fingerprint density at radius 2 is 1.46 bits per heavy atom. The van der Waals surface area contributed by atoms with Crippen LogP contribution >= 0.6 is 0 Å². The quantitative estimate of drug-likeness (QED) is 0.282. The fourth-order valence-electron chi connectivity index (χ4n) is 4.80. The molecule has 1 aliphatic rings. The van der Waals surface area contributed by atoms with Gasteiger partial charge in [0.05, 0.1) is 0 Å². The Hall–Kier alpha value is -4.13. The smallest absolute Gasteiger partial charge is 0.410 e. The van der Waals surface area contributed by atoms with Crippen molar-refractivity contribution in [3.63, 3.8) is 0 Å². The molecule has 3 aromatic carbocycles. The first kappa shape index (κ1) is 26.5. The van der Waals surface area contributed by atoms with Gasteiger partial charge in [0.15, 0.2) is 0 Å². The third-order valence-electron chi connectivity index (χ3n) is 6.85. The largest absolute Gasteiger partial charge is 0.460 e. The number of amides is 2. The fraction of sp³-hybridized carbons (Fsp3) is 0.312. The Morgan fingerprint density at radius 1 is 0.846 bits per heavy atom. The van der Waals surface area contributed by atoms with E-state index < -0.39 is 5.60 Å². The SMILES string of the molecule is CCc1cc2cc(-c3ccc(C(=O)N4CCN(C(=O)OC(C)(C)C)CC4)cc3)cc(-c3ccc(F)cc3)c2o1. The summed E-state index contributed by atoms with van der Waals surface area (Å²) in [5, 5.41) is 0.978. The Kier molecular flexibility index (Phi) is 7.17. The number of hydrogen-bond donors (Lipinski definition) is 0. The first-order chi connectivity index (χ1) is 18.6. The predicted molar refractivity (Wildman–Crippen MR) is 150 cm³/mol. The molecule has 0 bridgehead atoms. The van der Waals surface area contributed by atoms with Gasteiger partial charge in [0.25, 0.3) is 5.91 Å². The van der Waals surface area contributed by atoms with Gasteiger partial charge in [-0.1, -0.05) is 31.2 Å². The number of hydrogen-bond acceptors (Lipinski definition) is 4. The van der Waals surface area contributed by atoms with Crippen molar-refractivity contribution in [2.24, 2.45) is 0 Å². The lowest BCUT2D eigenvalue weighted by Gasteiger charge is -2.35. The lowest BCUT2D eigenvalue weighted by molar-refractivity contribution is 0.0141. The average molecular weight is 529 g/mol. The Morgan fingerprint density at radius 3 is 2.08 bits per heavy atom. The molecular weight excluding hydrogens is 495 g/mol. The van der Waals surface area contributed by atoms with Gasteiger partial charge in [-0.05, 0) is 79.9 Å². The highest BCUT2D eigenvalue weighted by Gasteiger charge is 2.28. The van der Waals surface area contributed by atoms with Crippen LogP contribution in [0.1, 0.15) is 43.8 Å². The van der Waals surface area contributed by atoms with E-state index in [1.54, 1.807) is 21.9 Å². The molecule has 1 aliphatic heterocycles. The molecule has 2 heterocycles. The van der Waals surface area contributed by atoms with Gasteiger partial charge in [-0.15, -0.1) is 0 Å². The molecule has 0 spiro atoms. The van der Waals surface area contributed by atoms with Gasteiger partial charge in [0, 0.05) is 49.1 Å². The van der Waals surface area contributed by atoms with Crippen molar-refractivity contribution in [3.8, 4) is 22.3 Å². The maximum absolute atomic E-state index is 13.6. The van der Waals surface area contributed by atoms with Gasteiger partial charge in [-0.3, -0.25) is 4.79 Å². The van der Waals surface area contributed by atoms with Crippen LogP contribution in [-0.4, -0.2) is 53.6 Å². The van der Waals surface area contributed by atoms with E-state index >= 15 is 0 Å². The first-order valence-corrected chi connectivity index (χ1v) is 13.3. The second-order valence-electron chi connectivity index (χ2n) is 10.9. The molecule has 1 aromatic heterocycles. The Bertz CT molecular complexity index is 1490. The second kappa shape index (κ2) is 10.6. The van der Waals surface area contributed by atoms with Crippen molar-refractivity contribution >= 4 is 23.0 Å². The second-order valence-corrected chi connectivity index (χ2v) is 10.9. The number of benzene rings is 3. The summed E-state index contributed by atoms with van der Waals surface area (Å²) in [6.45, 7) is 9.36. The average Bonchev–Trinajstić information content (AvgIpc) is 3.35. The minimum Gasteiger partial charge on any atom is -0.460 e. The van der Waals surface area contributed by atoms with E-state index in [-0.39, 0.29) is 17.8 Å². The van der Waals surface area contributed by atoms with Crippen LogP contribution in [0, 0.1) is 5.82 Å². The molecule has 202 valence electrons. The molecule has 0 atom stereocenters. The molecule has 4 aromatic rings. The van der Waals surface area contributed by atoms with E-state index in [1.807, 2.05) is 64.1 Å². The highest BCUT2D eigenvalue weighted by atomic mass is 19.1. The number of carbonyl (C=O) groups is 2. The molecule has 0 saturated carbocycles. The van der Waals surface area contributed by atoms with Gasteiger partial charge in [0.1, 0.15) is 22.8 Å². The van der Waals surface area contributed by atoms with Crippen molar-refractivity contribution in [2.45, 2.75) is 39.7 Å². The van der Waals surface area contributed by atoms with E-state index in [9.17, 15) is 14.0 Å². The molecule has 0 aliphatic carbocycles. The van der Waals surface area contributed by atoms with Gasteiger partial charge in [0.2, 0.25) is 0 Å². The van der Waals surface area contributed by atoms with Crippen molar-refractivity contribution in [3.05, 3.63) is 83.9 Å². The third-order valence-corrected chi connectivity index (χ3v) is 6.85. The summed E-state index contributed by atoms with van der Waals surface area (Å²) in [7, 11) is 0. The maximum Gasteiger partial charge on any atom is 0.410 e. The third kappa shape index (κ3) is 5.82. The van der Waals surface area contributed by atoms with E-state index in [4.69, 9.17) is 9.15 Å². The summed E-state index contributed by atoms with van der Waals surface area (Å²) in [6, 6.07) is 20.2. The highest BCUT2D eigenvalue weighted by molar-refractivity contribution is 5.98. The van der Waals surface area contributed by atoms with Gasteiger partial charge >= 0.3 is 6.09 Å². The number of fused-ring (bicyclic) bond motifs is 1. The molecule has 0 radical (unpaired) electrons. The van der Waals surface area contributed by atoms with Crippen molar-refractivity contribution in [1.82, 2.24) is 9.80 Å². The minimum atomic E-state index is -0.550. The number of rotatable bonds is 4. The lowest BCUT2D eigenvalue weighted by Crippen LogP contribution is -2.51. The molecule has 2 amide bonds. The molecule has 1 saturated heterocycles. The summed E-state index contributed by atoms with van der Waals surface area (Å²) in [5.74, 6) is 0.542. The summed E-state index contributed by atoms with van der Waals surface area (Å²) >= 11 is 0. The molecule has 0 unspecified atom stereocenters. The van der Waals surface area contributed by atoms with Gasteiger partial charge in [-0.2, -0.15) is 0 Å². The van der Waals surface area contributed by atoms with Crippen LogP contribution in [0.3, 0.4) is 0 Å². The summed E-state index contributed by atoms with van der Waals surface area (Å²) < 4.78 is 25.2. The van der Waals surface area contributed by atoms with Gasteiger partial charge in [-0.25, -0.2) is 9.18 Å². The molecule has 6 nitrogen and oxygen atoms in total. The van der Waals surface area contributed by atoms with Crippen LogP contribution in [0.2, 0.25) is 0 Å². The zero-order valence-electron chi connectivity index (χ0n) is 22.8. The number of furan rings is 1. The summed E-state index contributed by atoms with van der Waals surface area (Å²) in [4.78, 5) is 28.9.